The molecule has 138 valence electrons. The van der Waals surface area contributed by atoms with Crippen molar-refractivity contribution in [3.8, 4) is 0 Å². The van der Waals surface area contributed by atoms with Gasteiger partial charge in [-0.25, -0.2) is 8.42 Å². The van der Waals surface area contributed by atoms with Gasteiger partial charge in [0, 0.05) is 23.1 Å². The number of benzene rings is 2. The minimum Gasteiger partial charge on any atom is -0.338 e. The molecule has 8 heteroatoms. The monoisotopic (exact) mass is 431 g/mol. The fraction of sp³-hybridized carbons (Fsp3) is 0.278. The summed E-state index contributed by atoms with van der Waals surface area (Å²) in [6.45, 7) is 0.391. The van der Waals surface area contributed by atoms with Gasteiger partial charge in [0.25, 0.3) is 5.91 Å². The quantitative estimate of drug-likeness (QED) is 0.694. The van der Waals surface area contributed by atoms with Gasteiger partial charge in [-0.3, -0.25) is 4.79 Å². The first kappa shape index (κ1) is 19.5. The smallest absolute Gasteiger partial charge is 0.255 e. The number of rotatable bonds is 2. The number of halogens is 3. The number of carbonyl (C=O) groups excluding carboxylic acids is 1. The molecule has 1 unspecified atom stereocenters. The Morgan fingerprint density at radius 3 is 2.46 bits per heavy atom. The first-order valence-electron chi connectivity index (χ1n) is 8.00. The van der Waals surface area contributed by atoms with Crippen molar-refractivity contribution in [1.82, 2.24) is 4.90 Å². The van der Waals surface area contributed by atoms with Gasteiger partial charge < -0.3 is 4.90 Å². The van der Waals surface area contributed by atoms with Gasteiger partial charge in [0.1, 0.15) is 0 Å². The Labute approximate surface area is 167 Å². The van der Waals surface area contributed by atoms with Crippen LogP contribution in [0.2, 0.25) is 15.1 Å². The van der Waals surface area contributed by atoms with E-state index in [1.807, 2.05) is 0 Å². The zero-order valence-electron chi connectivity index (χ0n) is 13.7. The third-order valence-corrected chi connectivity index (χ3v) is 7.46. The zero-order chi connectivity index (χ0) is 18.9. The molecule has 1 fully saturated rings. The maximum absolute atomic E-state index is 12.8. The third-order valence-electron chi connectivity index (χ3n) is 4.44. The van der Waals surface area contributed by atoms with Gasteiger partial charge in [-0.05, 0) is 36.2 Å². The summed E-state index contributed by atoms with van der Waals surface area (Å²) in [6, 6.07) is 11.6. The highest BCUT2D eigenvalue weighted by atomic mass is 35.5. The van der Waals surface area contributed by atoms with Gasteiger partial charge in [-0.1, -0.05) is 53.0 Å². The molecule has 0 aromatic heterocycles. The highest BCUT2D eigenvalue weighted by Gasteiger charge is 2.34. The molecule has 1 atom stereocenters. The third kappa shape index (κ3) is 4.01. The molecule has 3 rings (SSSR count). The molecule has 1 saturated heterocycles. The molecule has 4 nitrogen and oxygen atoms in total. The molecule has 0 aliphatic carbocycles. The Morgan fingerprint density at radius 1 is 1.00 bits per heavy atom. The van der Waals surface area contributed by atoms with Crippen LogP contribution in [0.15, 0.2) is 42.5 Å². The van der Waals surface area contributed by atoms with Gasteiger partial charge in [0.2, 0.25) is 0 Å². The first-order valence-corrected chi connectivity index (χ1v) is 10.8. The number of nitrogens with zero attached hydrogens (tertiary/aromatic N) is 1. The Bertz CT molecular complexity index is 946. The fourth-order valence-electron chi connectivity index (χ4n) is 3.06. The van der Waals surface area contributed by atoms with Crippen LogP contribution in [-0.2, 0) is 9.84 Å². The molecular weight excluding hydrogens is 417 g/mol. The van der Waals surface area contributed by atoms with Crippen LogP contribution in [-0.4, -0.2) is 38.1 Å². The minimum absolute atomic E-state index is 0.102. The van der Waals surface area contributed by atoms with E-state index < -0.39 is 15.1 Å². The van der Waals surface area contributed by atoms with Crippen LogP contribution in [0.1, 0.15) is 27.6 Å². The van der Waals surface area contributed by atoms with Gasteiger partial charge >= 0.3 is 0 Å². The SMILES string of the molecule is O=C(c1cc(Cl)ccc1Cl)N1CCC(c2ccccc2Cl)S(=O)(=O)CC1. The highest BCUT2D eigenvalue weighted by Crippen LogP contribution is 2.34. The second kappa shape index (κ2) is 7.77. The Balaban J connectivity index is 1.88. The summed E-state index contributed by atoms with van der Waals surface area (Å²) in [5.74, 6) is -0.459. The van der Waals surface area contributed by atoms with Crippen LogP contribution in [0.25, 0.3) is 0 Å². The van der Waals surface area contributed by atoms with Crippen molar-refractivity contribution < 1.29 is 13.2 Å². The molecule has 26 heavy (non-hydrogen) atoms. The summed E-state index contributed by atoms with van der Waals surface area (Å²) < 4.78 is 25.5. The normalized spacial score (nSPS) is 19.8. The van der Waals surface area contributed by atoms with Crippen molar-refractivity contribution in [1.29, 1.82) is 0 Å². The molecule has 0 spiro atoms. The van der Waals surface area contributed by atoms with Crippen LogP contribution in [0, 0.1) is 0 Å². The number of sulfone groups is 1. The minimum atomic E-state index is -3.44. The molecule has 1 heterocycles. The average molecular weight is 433 g/mol. The molecule has 2 aromatic carbocycles. The van der Waals surface area contributed by atoms with Crippen molar-refractivity contribution in [2.45, 2.75) is 11.7 Å². The van der Waals surface area contributed by atoms with E-state index in [-0.39, 0.29) is 41.8 Å². The van der Waals surface area contributed by atoms with Crippen molar-refractivity contribution in [3.05, 3.63) is 68.7 Å². The molecule has 1 aliphatic heterocycles. The van der Waals surface area contributed by atoms with E-state index >= 15 is 0 Å². The lowest BCUT2D eigenvalue weighted by Gasteiger charge is -2.21. The molecule has 0 N–H and O–H groups in total. The molecule has 1 amide bonds. The Kier molecular flexibility index (Phi) is 5.82. The van der Waals surface area contributed by atoms with Gasteiger partial charge in [-0.15, -0.1) is 0 Å². The standard InChI is InChI=1S/C18H16Cl3NO3S/c19-12-5-6-16(21)14(11-12)18(23)22-8-7-17(26(24,25)10-9-22)13-3-1-2-4-15(13)20/h1-6,11,17H,7-10H2. The van der Waals surface area contributed by atoms with Gasteiger partial charge in [-0.2, -0.15) is 0 Å². The lowest BCUT2D eigenvalue weighted by molar-refractivity contribution is 0.0767. The first-order chi connectivity index (χ1) is 12.3. The zero-order valence-corrected chi connectivity index (χ0v) is 16.7. The average Bonchev–Trinajstić information content (AvgIpc) is 2.75. The predicted octanol–water partition coefficient (Wildman–Crippen LogP) is 4.65. The van der Waals surface area contributed by atoms with Crippen LogP contribution >= 0.6 is 34.8 Å². The number of amides is 1. The fourth-order valence-corrected chi connectivity index (χ4v) is 5.58. The topological polar surface area (TPSA) is 54.5 Å². The second-order valence-electron chi connectivity index (χ2n) is 6.08. The van der Waals surface area contributed by atoms with E-state index in [1.54, 1.807) is 36.4 Å². The van der Waals surface area contributed by atoms with E-state index in [0.717, 1.165) is 0 Å². The van der Waals surface area contributed by atoms with E-state index in [0.29, 0.717) is 15.6 Å². The maximum atomic E-state index is 12.8. The van der Waals surface area contributed by atoms with Gasteiger partial charge in [0.05, 0.1) is 21.6 Å². The van der Waals surface area contributed by atoms with Crippen molar-refractivity contribution >= 4 is 50.5 Å². The second-order valence-corrected chi connectivity index (χ2v) is 9.64. The van der Waals surface area contributed by atoms with Crippen molar-refractivity contribution in [3.63, 3.8) is 0 Å². The molecule has 1 aliphatic rings. The van der Waals surface area contributed by atoms with Gasteiger partial charge in [0.15, 0.2) is 9.84 Å². The highest BCUT2D eigenvalue weighted by molar-refractivity contribution is 7.91. The number of hydrogen-bond acceptors (Lipinski definition) is 3. The molecule has 0 saturated carbocycles. The lowest BCUT2D eigenvalue weighted by atomic mass is 10.1. The van der Waals surface area contributed by atoms with Crippen LogP contribution in [0.4, 0.5) is 0 Å². The van der Waals surface area contributed by atoms with Crippen molar-refractivity contribution in [2.24, 2.45) is 0 Å². The summed E-state index contributed by atoms with van der Waals surface area (Å²) in [6.07, 6.45) is 0.274. The summed E-state index contributed by atoms with van der Waals surface area (Å²) in [4.78, 5) is 14.3. The summed E-state index contributed by atoms with van der Waals surface area (Å²) in [5.41, 5.74) is 0.844. The van der Waals surface area contributed by atoms with Crippen LogP contribution in [0.5, 0.6) is 0 Å². The predicted molar refractivity (Wildman–Crippen MR) is 105 cm³/mol. The summed E-state index contributed by atoms with van der Waals surface area (Å²) >= 11 is 18.3. The summed E-state index contributed by atoms with van der Waals surface area (Å²) in [5, 5.41) is 0.367. The molecule has 2 aromatic rings. The number of carbonyl (C=O) groups is 1. The van der Waals surface area contributed by atoms with Crippen LogP contribution < -0.4 is 0 Å². The molecule has 0 bridgehead atoms. The van der Waals surface area contributed by atoms with E-state index in [1.165, 1.54) is 11.0 Å². The lowest BCUT2D eigenvalue weighted by Crippen LogP contribution is -2.33. The number of hydrogen-bond donors (Lipinski definition) is 0. The van der Waals surface area contributed by atoms with E-state index in [4.69, 9.17) is 34.8 Å². The largest absolute Gasteiger partial charge is 0.338 e. The van der Waals surface area contributed by atoms with E-state index in [2.05, 4.69) is 0 Å². The summed E-state index contributed by atoms with van der Waals surface area (Å²) in [7, 11) is -3.44. The molecular formula is C18H16Cl3NO3S. The van der Waals surface area contributed by atoms with Crippen LogP contribution in [0.3, 0.4) is 0 Å². The maximum Gasteiger partial charge on any atom is 0.255 e. The Morgan fingerprint density at radius 2 is 1.73 bits per heavy atom. The van der Waals surface area contributed by atoms with Crippen molar-refractivity contribution in [2.75, 3.05) is 18.8 Å². The van der Waals surface area contributed by atoms with E-state index in [9.17, 15) is 13.2 Å². The Hall–Kier alpha value is -1.27. The molecule has 0 radical (unpaired) electrons.